The molecule has 8 heteroatoms. The zero-order valence-corrected chi connectivity index (χ0v) is 19.7. The third-order valence-electron chi connectivity index (χ3n) is 6.05. The summed E-state index contributed by atoms with van der Waals surface area (Å²) < 4.78 is 0. The van der Waals surface area contributed by atoms with Gasteiger partial charge in [-0.2, -0.15) is 0 Å². The predicted octanol–water partition coefficient (Wildman–Crippen LogP) is -1.35. The van der Waals surface area contributed by atoms with E-state index in [0.717, 1.165) is 47.3 Å². The zero-order valence-electron chi connectivity index (χ0n) is 16.6. The Kier molecular flexibility index (Phi) is 7.99. The van der Waals surface area contributed by atoms with Crippen LogP contribution in [0.1, 0.15) is 19.3 Å². The summed E-state index contributed by atoms with van der Waals surface area (Å²) in [7, 11) is 0. The van der Waals surface area contributed by atoms with E-state index in [4.69, 9.17) is 11.6 Å². The molecule has 0 aromatic heterocycles. The Hall–Kier alpha value is -0.950. The molecule has 5 rings (SSSR count). The van der Waals surface area contributed by atoms with Gasteiger partial charge in [-0.1, -0.05) is 35.5 Å². The highest BCUT2D eigenvalue weighted by Gasteiger charge is 2.32. The normalized spacial score (nSPS) is 20.4. The average molecular weight is 485 g/mol. The van der Waals surface area contributed by atoms with E-state index in [1.165, 1.54) is 19.4 Å². The van der Waals surface area contributed by atoms with Crippen LogP contribution in [0.5, 0.6) is 0 Å². The van der Waals surface area contributed by atoms with Gasteiger partial charge in [0.15, 0.2) is 0 Å². The number of hydrogen-bond donors (Lipinski definition) is 0. The van der Waals surface area contributed by atoms with Crippen molar-refractivity contribution >= 4 is 40.6 Å². The number of para-hydroxylation sites is 1. The van der Waals surface area contributed by atoms with Gasteiger partial charge in [0.1, 0.15) is 0 Å². The fraction of sp³-hybridized carbons (Fsp3) is 0.409. The lowest BCUT2D eigenvalue weighted by Crippen LogP contribution is -3.00. The lowest BCUT2D eigenvalue weighted by Gasteiger charge is -2.38. The summed E-state index contributed by atoms with van der Waals surface area (Å²) in [6.07, 6.45) is 3.14. The molecular formula is C22H24Cl3N3OS-2. The van der Waals surface area contributed by atoms with E-state index in [-0.39, 0.29) is 30.7 Å². The van der Waals surface area contributed by atoms with Gasteiger partial charge in [0.2, 0.25) is 5.91 Å². The van der Waals surface area contributed by atoms with Gasteiger partial charge in [-0.25, -0.2) is 0 Å². The second-order valence-corrected chi connectivity index (χ2v) is 9.31. The molecule has 162 valence electrons. The van der Waals surface area contributed by atoms with E-state index in [0.29, 0.717) is 17.5 Å². The SMILES string of the molecule is O=C(CCN1CCN2CCCC2C1)N1c2ccccc2Sc2ccc(Cl)cc21.[Cl-].[Cl-]. The van der Waals surface area contributed by atoms with Crippen molar-refractivity contribution in [2.75, 3.05) is 37.6 Å². The Morgan fingerprint density at radius 3 is 2.70 bits per heavy atom. The van der Waals surface area contributed by atoms with Crippen LogP contribution in [-0.2, 0) is 4.79 Å². The molecule has 2 fully saturated rings. The van der Waals surface area contributed by atoms with Crippen molar-refractivity contribution in [2.24, 2.45) is 0 Å². The number of piperazine rings is 1. The zero-order chi connectivity index (χ0) is 19.1. The Balaban J connectivity index is 0.00000128. The van der Waals surface area contributed by atoms with Crippen molar-refractivity contribution in [1.29, 1.82) is 0 Å². The summed E-state index contributed by atoms with van der Waals surface area (Å²) in [5, 5.41) is 0.661. The molecule has 1 atom stereocenters. The van der Waals surface area contributed by atoms with Crippen molar-refractivity contribution in [2.45, 2.75) is 35.1 Å². The summed E-state index contributed by atoms with van der Waals surface area (Å²) in [5.41, 5.74) is 1.87. The van der Waals surface area contributed by atoms with Crippen LogP contribution < -0.4 is 29.7 Å². The number of carbonyl (C=O) groups is 1. The average Bonchev–Trinajstić information content (AvgIpc) is 3.18. The van der Waals surface area contributed by atoms with E-state index >= 15 is 0 Å². The van der Waals surface area contributed by atoms with Crippen LogP contribution in [-0.4, -0.2) is 54.5 Å². The van der Waals surface area contributed by atoms with Gasteiger partial charge in [-0.3, -0.25) is 19.5 Å². The second kappa shape index (κ2) is 10.1. The molecule has 0 spiro atoms. The van der Waals surface area contributed by atoms with E-state index in [1.807, 2.05) is 41.3 Å². The van der Waals surface area contributed by atoms with Gasteiger partial charge >= 0.3 is 0 Å². The van der Waals surface area contributed by atoms with E-state index in [2.05, 4.69) is 15.9 Å². The molecule has 0 N–H and O–H groups in total. The molecule has 3 aliphatic heterocycles. The van der Waals surface area contributed by atoms with Gasteiger partial charge in [0.25, 0.3) is 0 Å². The molecule has 2 aromatic rings. The van der Waals surface area contributed by atoms with Crippen LogP contribution in [0.25, 0.3) is 0 Å². The minimum absolute atomic E-state index is 0. The highest BCUT2D eigenvalue weighted by Crippen LogP contribution is 2.48. The molecule has 0 bridgehead atoms. The summed E-state index contributed by atoms with van der Waals surface area (Å²) in [6, 6.07) is 14.6. The number of anilines is 2. The number of rotatable bonds is 3. The smallest absolute Gasteiger partial charge is 0.232 e. The van der Waals surface area contributed by atoms with Gasteiger partial charge in [0.05, 0.1) is 11.4 Å². The molecule has 0 saturated carbocycles. The Morgan fingerprint density at radius 2 is 1.83 bits per heavy atom. The predicted molar refractivity (Wildman–Crippen MR) is 115 cm³/mol. The van der Waals surface area contributed by atoms with Crippen molar-refractivity contribution < 1.29 is 29.6 Å². The van der Waals surface area contributed by atoms with Crippen molar-refractivity contribution in [3.05, 3.63) is 47.5 Å². The van der Waals surface area contributed by atoms with Crippen LogP contribution in [0.15, 0.2) is 52.3 Å². The monoisotopic (exact) mass is 483 g/mol. The Morgan fingerprint density at radius 1 is 1.03 bits per heavy atom. The first-order valence-electron chi connectivity index (χ1n) is 10.0. The highest BCUT2D eigenvalue weighted by molar-refractivity contribution is 7.99. The molecule has 30 heavy (non-hydrogen) atoms. The fourth-order valence-corrected chi connectivity index (χ4v) is 5.83. The van der Waals surface area contributed by atoms with Crippen molar-refractivity contribution in [1.82, 2.24) is 9.80 Å². The van der Waals surface area contributed by atoms with E-state index in [1.54, 1.807) is 11.8 Å². The van der Waals surface area contributed by atoms with Crippen LogP contribution in [0.4, 0.5) is 11.4 Å². The largest absolute Gasteiger partial charge is 1.00 e. The molecule has 2 saturated heterocycles. The fourth-order valence-electron chi connectivity index (χ4n) is 4.62. The third kappa shape index (κ3) is 4.62. The first kappa shape index (κ1) is 23.7. The maximum absolute atomic E-state index is 13.3. The number of hydrogen-bond acceptors (Lipinski definition) is 4. The number of benzene rings is 2. The number of amides is 1. The topological polar surface area (TPSA) is 26.8 Å². The molecule has 3 heterocycles. The van der Waals surface area contributed by atoms with Gasteiger partial charge in [-0.05, 0) is 49.7 Å². The minimum atomic E-state index is 0. The quantitative estimate of drug-likeness (QED) is 0.538. The number of carbonyl (C=O) groups excluding carboxylic acids is 1. The number of nitrogens with zero attached hydrogens (tertiary/aromatic N) is 3. The first-order chi connectivity index (χ1) is 13.7. The maximum Gasteiger partial charge on any atom is 0.232 e. The molecule has 3 aliphatic rings. The van der Waals surface area contributed by atoms with E-state index < -0.39 is 0 Å². The lowest BCUT2D eigenvalue weighted by atomic mass is 10.1. The third-order valence-corrected chi connectivity index (χ3v) is 7.42. The van der Waals surface area contributed by atoms with Crippen LogP contribution in [0, 0.1) is 0 Å². The van der Waals surface area contributed by atoms with Crippen LogP contribution in [0.3, 0.4) is 0 Å². The van der Waals surface area contributed by atoms with Crippen molar-refractivity contribution in [3.63, 3.8) is 0 Å². The molecule has 4 nitrogen and oxygen atoms in total. The summed E-state index contributed by atoms with van der Waals surface area (Å²) >= 11 is 7.96. The molecule has 1 amide bonds. The van der Waals surface area contributed by atoms with Crippen LogP contribution in [0.2, 0.25) is 5.02 Å². The standard InChI is InChI=1S/C22H24ClN3OS.2ClH/c23-16-7-8-21-19(14-16)26(18-5-1-2-6-20(18)28-21)22(27)9-11-24-12-13-25-10-3-4-17(25)15-24;;/h1-2,5-8,14,17H,3-4,9-13,15H2;2*1H/p-2. The first-order valence-corrected chi connectivity index (χ1v) is 11.2. The van der Waals surface area contributed by atoms with E-state index in [9.17, 15) is 4.79 Å². The summed E-state index contributed by atoms with van der Waals surface area (Å²) in [5.74, 6) is 0.144. The maximum atomic E-state index is 13.3. The minimum Gasteiger partial charge on any atom is -1.00 e. The molecule has 0 aliphatic carbocycles. The summed E-state index contributed by atoms with van der Waals surface area (Å²) in [4.78, 5) is 22.5. The number of halogens is 3. The van der Waals surface area contributed by atoms with Gasteiger partial charge < -0.3 is 24.8 Å². The molecule has 0 radical (unpaired) electrons. The second-order valence-electron chi connectivity index (χ2n) is 7.79. The Labute approximate surface area is 199 Å². The van der Waals surface area contributed by atoms with Gasteiger partial charge in [0, 0.05) is 53.5 Å². The van der Waals surface area contributed by atoms with Crippen LogP contribution >= 0.6 is 23.4 Å². The number of fused-ring (bicyclic) bond motifs is 3. The van der Waals surface area contributed by atoms with Crippen molar-refractivity contribution in [3.8, 4) is 0 Å². The Bertz CT molecular complexity index is 913. The highest BCUT2D eigenvalue weighted by atomic mass is 35.5. The summed E-state index contributed by atoms with van der Waals surface area (Å²) in [6.45, 7) is 5.38. The molecule has 2 aromatic carbocycles. The lowest BCUT2D eigenvalue weighted by molar-refractivity contribution is -0.118. The van der Waals surface area contributed by atoms with Gasteiger partial charge in [-0.15, -0.1) is 0 Å². The molecule has 1 unspecified atom stereocenters. The molecular weight excluding hydrogens is 461 g/mol.